The second kappa shape index (κ2) is 6.85. The third kappa shape index (κ3) is 2.90. The second-order valence-electron chi connectivity index (χ2n) is 8.05. The van der Waals surface area contributed by atoms with Gasteiger partial charge in [0, 0.05) is 36.0 Å². The molecule has 0 unspecified atom stereocenters. The smallest absolute Gasteiger partial charge is 0.261 e. The highest BCUT2D eigenvalue weighted by Gasteiger charge is 2.39. The molecule has 144 valence electrons. The molecule has 6 nitrogen and oxygen atoms in total. The normalized spacial score (nSPS) is 25.9. The van der Waals surface area contributed by atoms with Crippen molar-refractivity contribution in [1.29, 1.82) is 0 Å². The lowest BCUT2D eigenvalue weighted by molar-refractivity contribution is -0.0590. The van der Waals surface area contributed by atoms with Gasteiger partial charge in [-0.2, -0.15) is 0 Å². The second-order valence-corrected chi connectivity index (χ2v) is 8.46. The molecule has 3 aliphatic rings. The van der Waals surface area contributed by atoms with Crippen molar-refractivity contribution in [3.63, 3.8) is 0 Å². The van der Waals surface area contributed by atoms with Gasteiger partial charge in [-0.3, -0.25) is 14.3 Å². The van der Waals surface area contributed by atoms with E-state index in [1.807, 2.05) is 4.57 Å². The van der Waals surface area contributed by atoms with E-state index in [1.54, 1.807) is 12.1 Å². The van der Waals surface area contributed by atoms with Crippen LogP contribution >= 0.6 is 11.6 Å². The maximum absolute atomic E-state index is 13.1. The van der Waals surface area contributed by atoms with Crippen LogP contribution in [0.1, 0.15) is 36.6 Å². The predicted octanol–water partition coefficient (Wildman–Crippen LogP) is 2.14. The third-order valence-corrected chi connectivity index (χ3v) is 6.75. The molecule has 0 radical (unpaired) electrons. The van der Waals surface area contributed by atoms with Crippen molar-refractivity contribution in [3.8, 4) is 0 Å². The molecule has 7 heteroatoms. The van der Waals surface area contributed by atoms with E-state index in [9.17, 15) is 9.90 Å². The summed E-state index contributed by atoms with van der Waals surface area (Å²) in [5.41, 5.74) is 1.25. The van der Waals surface area contributed by atoms with Gasteiger partial charge in [-0.15, -0.1) is 0 Å². The maximum Gasteiger partial charge on any atom is 0.261 e. The third-order valence-electron chi connectivity index (χ3n) is 6.40. The van der Waals surface area contributed by atoms with Gasteiger partial charge in [0.2, 0.25) is 0 Å². The van der Waals surface area contributed by atoms with E-state index >= 15 is 0 Å². The van der Waals surface area contributed by atoms with Gasteiger partial charge < -0.3 is 9.84 Å². The summed E-state index contributed by atoms with van der Waals surface area (Å²) >= 11 is 6.20. The van der Waals surface area contributed by atoms with Gasteiger partial charge in [-0.1, -0.05) is 11.6 Å². The SMILES string of the molecule is O=c1c2cc(Cl)c(CO)cc2nc2n1CC[C@@H]1[C@@H]2CCCN1CC1COC1. The molecule has 1 N–H and O–H groups in total. The van der Waals surface area contributed by atoms with E-state index < -0.39 is 0 Å². The van der Waals surface area contributed by atoms with Crippen LogP contribution in [0.2, 0.25) is 5.02 Å². The molecule has 1 aromatic carbocycles. The molecule has 2 aromatic rings. The summed E-state index contributed by atoms with van der Waals surface area (Å²) in [6.45, 7) is 4.51. The van der Waals surface area contributed by atoms with E-state index in [-0.39, 0.29) is 12.2 Å². The summed E-state index contributed by atoms with van der Waals surface area (Å²) in [5, 5.41) is 10.5. The van der Waals surface area contributed by atoms with Gasteiger partial charge in [0.05, 0.1) is 30.7 Å². The van der Waals surface area contributed by atoms with Crippen molar-refractivity contribution in [2.45, 2.75) is 44.4 Å². The molecule has 0 spiro atoms. The van der Waals surface area contributed by atoms with Crippen LogP contribution in [0.3, 0.4) is 0 Å². The number of piperidine rings is 1. The number of aliphatic hydroxyl groups excluding tert-OH is 1. The number of rotatable bonds is 3. The first kappa shape index (κ1) is 17.6. The zero-order chi connectivity index (χ0) is 18.5. The summed E-state index contributed by atoms with van der Waals surface area (Å²) < 4.78 is 7.20. The fourth-order valence-electron chi connectivity index (χ4n) is 4.94. The molecular weight excluding hydrogens is 366 g/mol. The number of aliphatic hydroxyl groups is 1. The van der Waals surface area contributed by atoms with Crippen LogP contribution in [0.15, 0.2) is 16.9 Å². The van der Waals surface area contributed by atoms with Gasteiger partial charge in [-0.25, -0.2) is 4.98 Å². The molecule has 0 bridgehead atoms. The molecule has 4 heterocycles. The fraction of sp³-hybridized carbons (Fsp3) is 0.600. The van der Waals surface area contributed by atoms with Crippen molar-refractivity contribution in [3.05, 3.63) is 38.9 Å². The average Bonchev–Trinajstić information content (AvgIpc) is 2.65. The molecule has 3 aliphatic heterocycles. The number of aromatic nitrogens is 2. The number of benzene rings is 1. The van der Waals surface area contributed by atoms with Gasteiger partial charge >= 0.3 is 0 Å². The van der Waals surface area contributed by atoms with Crippen molar-refractivity contribution < 1.29 is 9.84 Å². The number of likely N-dealkylation sites (tertiary alicyclic amines) is 1. The highest BCUT2D eigenvalue weighted by Crippen LogP contribution is 2.38. The number of fused-ring (bicyclic) bond motifs is 4. The van der Waals surface area contributed by atoms with Gasteiger partial charge in [-0.05, 0) is 43.5 Å². The molecule has 0 amide bonds. The summed E-state index contributed by atoms with van der Waals surface area (Å²) in [6, 6.07) is 3.87. The van der Waals surface area contributed by atoms with Gasteiger partial charge in [0.15, 0.2) is 0 Å². The minimum Gasteiger partial charge on any atom is -0.392 e. The summed E-state index contributed by atoms with van der Waals surface area (Å²) in [7, 11) is 0. The summed E-state index contributed by atoms with van der Waals surface area (Å²) in [6.07, 6.45) is 3.19. The minimum absolute atomic E-state index is 0.00986. The Balaban J connectivity index is 1.56. The molecule has 2 atom stereocenters. The van der Waals surface area contributed by atoms with Gasteiger partial charge in [0.25, 0.3) is 5.56 Å². The van der Waals surface area contributed by atoms with Crippen LogP contribution < -0.4 is 5.56 Å². The van der Waals surface area contributed by atoms with Crippen LogP contribution in [0.25, 0.3) is 10.9 Å². The van der Waals surface area contributed by atoms with E-state index in [2.05, 4.69) is 4.90 Å². The van der Waals surface area contributed by atoms with Crippen LogP contribution in [0, 0.1) is 5.92 Å². The first-order valence-corrected chi connectivity index (χ1v) is 10.2. The Hall–Kier alpha value is -1.47. The van der Waals surface area contributed by atoms with Crippen LogP contribution in [-0.4, -0.2) is 51.9 Å². The zero-order valence-corrected chi connectivity index (χ0v) is 16.0. The van der Waals surface area contributed by atoms with Gasteiger partial charge in [0.1, 0.15) is 5.82 Å². The standard InChI is InChI=1S/C20H24ClN3O3/c21-16-7-15-17(6-13(16)9-25)22-19-14-2-1-4-23(8-12-10-27-11-12)18(14)3-5-24(19)20(15)26/h6-7,12,14,18,25H,1-5,8-11H2/t14-,18+/m0/s1. The zero-order valence-electron chi connectivity index (χ0n) is 15.2. The number of ether oxygens (including phenoxy) is 1. The monoisotopic (exact) mass is 389 g/mol. The molecular formula is C20H24ClN3O3. The molecule has 2 saturated heterocycles. The molecule has 0 aliphatic carbocycles. The lowest BCUT2D eigenvalue weighted by atomic mass is 9.83. The molecule has 5 rings (SSSR count). The molecule has 1 aromatic heterocycles. The Morgan fingerprint density at radius 1 is 1.26 bits per heavy atom. The Bertz CT molecular complexity index is 940. The molecule has 2 fully saturated rings. The minimum atomic E-state index is -0.155. The lowest BCUT2D eigenvalue weighted by Gasteiger charge is -2.46. The Morgan fingerprint density at radius 2 is 2.11 bits per heavy atom. The van der Waals surface area contributed by atoms with E-state index in [1.165, 1.54) is 0 Å². The van der Waals surface area contributed by atoms with E-state index in [4.69, 9.17) is 21.3 Å². The van der Waals surface area contributed by atoms with Crippen molar-refractivity contribution in [1.82, 2.24) is 14.5 Å². The number of hydrogen-bond acceptors (Lipinski definition) is 5. The highest BCUT2D eigenvalue weighted by atomic mass is 35.5. The largest absolute Gasteiger partial charge is 0.392 e. The number of halogens is 1. The van der Waals surface area contributed by atoms with Crippen LogP contribution in [0.5, 0.6) is 0 Å². The van der Waals surface area contributed by atoms with Crippen molar-refractivity contribution in [2.75, 3.05) is 26.3 Å². The molecule has 0 saturated carbocycles. The first-order chi connectivity index (χ1) is 13.2. The summed E-state index contributed by atoms with van der Waals surface area (Å²) in [4.78, 5) is 20.6. The van der Waals surface area contributed by atoms with Crippen LogP contribution in [0.4, 0.5) is 0 Å². The quantitative estimate of drug-likeness (QED) is 0.871. The molecule has 27 heavy (non-hydrogen) atoms. The van der Waals surface area contributed by atoms with E-state index in [0.29, 0.717) is 45.9 Å². The average molecular weight is 390 g/mol. The van der Waals surface area contributed by atoms with E-state index in [0.717, 1.165) is 51.4 Å². The van der Waals surface area contributed by atoms with Crippen molar-refractivity contribution >= 4 is 22.5 Å². The topological polar surface area (TPSA) is 67.6 Å². The van der Waals surface area contributed by atoms with Crippen LogP contribution in [-0.2, 0) is 17.9 Å². The lowest BCUT2D eigenvalue weighted by Crippen LogP contribution is -2.52. The Labute approximate surface area is 162 Å². The number of nitrogens with zero attached hydrogens (tertiary/aromatic N) is 3. The number of hydrogen-bond donors (Lipinski definition) is 1. The Morgan fingerprint density at radius 3 is 2.85 bits per heavy atom. The summed E-state index contributed by atoms with van der Waals surface area (Å²) in [5.74, 6) is 1.84. The first-order valence-electron chi connectivity index (χ1n) is 9.81. The van der Waals surface area contributed by atoms with Crippen molar-refractivity contribution in [2.24, 2.45) is 5.92 Å². The fourth-order valence-corrected chi connectivity index (χ4v) is 5.17. The highest BCUT2D eigenvalue weighted by molar-refractivity contribution is 6.32. The Kier molecular flexibility index (Phi) is 4.47. The maximum atomic E-state index is 13.1. The predicted molar refractivity (Wildman–Crippen MR) is 103 cm³/mol.